The maximum Gasteiger partial charge on any atom is 0.416 e. The summed E-state index contributed by atoms with van der Waals surface area (Å²) < 4.78 is 40.2. The lowest BCUT2D eigenvalue weighted by Crippen LogP contribution is -2.12. The van der Waals surface area contributed by atoms with Gasteiger partial charge in [-0.05, 0) is 30.3 Å². The highest BCUT2D eigenvalue weighted by Gasteiger charge is 2.30. The topological polar surface area (TPSA) is 59.3 Å². The number of anilines is 1. The molecule has 140 valence electrons. The van der Waals surface area contributed by atoms with Gasteiger partial charge in [0.05, 0.1) is 11.3 Å². The number of nitrogens with zero attached hydrogens (tertiary/aromatic N) is 3. The molecule has 0 aliphatic heterocycles. The maximum atomic E-state index is 12.9. The third-order valence-corrected chi connectivity index (χ3v) is 4.16. The van der Waals surface area contributed by atoms with Gasteiger partial charge in [-0.2, -0.15) is 18.2 Å². The van der Waals surface area contributed by atoms with Gasteiger partial charge >= 0.3 is 6.18 Å². The third-order valence-electron chi connectivity index (χ3n) is 4.16. The zero-order valence-corrected chi connectivity index (χ0v) is 14.3. The maximum absolute atomic E-state index is 12.9. The molecule has 28 heavy (non-hydrogen) atoms. The number of nitrogens with one attached hydrogen (secondary N) is 1. The monoisotopic (exact) mass is 382 g/mol. The number of hydrogen-bond acceptors (Lipinski definition) is 3. The summed E-state index contributed by atoms with van der Waals surface area (Å²) in [6, 6.07) is 14.9. The molecule has 2 aromatic carbocycles. The SMILES string of the molecule is O=C(Nc1nc2ncccn2c1-c1ccc(C(F)(F)F)cc1)c1ccccc1. The number of carbonyl (C=O) groups is 1. The minimum Gasteiger partial charge on any atom is -0.305 e. The molecular weight excluding hydrogens is 369 g/mol. The molecule has 2 aromatic heterocycles. The molecule has 8 heteroatoms. The number of fused-ring (bicyclic) bond motifs is 1. The van der Waals surface area contributed by atoms with Crippen molar-refractivity contribution in [2.24, 2.45) is 0 Å². The van der Waals surface area contributed by atoms with Gasteiger partial charge in [0, 0.05) is 23.5 Å². The zero-order chi connectivity index (χ0) is 19.7. The largest absolute Gasteiger partial charge is 0.416 e. The van der Waals surface area contributed by atoms with Gasteiger partial charge in [0.1, 0.15) is 0 Å². The second-order valence-corrected chi connectivity index (χ2v) is 5.99. The Hall–Kier alpha value is -3.68. The molecule has 0 unspecified atom stereocenters. The molecule has 0 fully saturated rings. The minimum atomic E-state index is -4.43. The Morgan fingerprint density at radius 2 is 1.68 bits per heavy atom. The van der Waals surface area contributed by atoms with E-state index in [1.54, 1.807) is 53.2 Å². The second-order valence-electron chi connectivity index (χ2n) is 5.99. The van der Waals surface area contributed by atoms with Crippen LogP contribution in [0, 0.1) is 0 Å². The Bertz CT molecular complexity index is 1140. The molecule has 5 nitrogen and oxygen atoms in total. The quantitative estimate of drug-likeness (QED) is 0.560. The molecule has 1 N–H and O–H groups in total. The predicted octanol–water partition coefficient (Wildman–Crippen LogP) is 4.67. The van der Waals surface area contributed by atoms with Crippen LogP contribution in [0.15, 0.2) is 73.1 Å². The Morgan fingerprint density at radius 3 is 2.36 bits per heavy atom. The van der Waals surface area contributed by atoms with Crippen LogP contribution < -0.4 is 5.32 Å². The van der Waals surface area contributed by atoms with Crippen LogP contribution in [0.4, 0.5) is 19.0 Å². The van der Waals surface area contributed by atoms with E-state index in [4.69, 9.17) is 0 Å². The van der Waals surface area contributed by atoms with E-state index in [-0.39, 0.29) is 11.7 Å². The molecule has 0 aliphatic rings. The molecule has 2 heterocycles. The van der Waals surface area contributed by atoms with Crippen molar-refractivity contribution in [3.63, 3.8) is 0 Å². The standard InChI is InChI=1S/C20H13F3N4O/c21-20(22,23)15-9-7-13(8-10-15)16-17(26-19-24-11-4-12-27(16)19)25-18(28)14-5-2-1-3-6-14/h1-12H,(H,25,28). The van der Waals surface area contributed by atoms with Crippen molar-refractivity contribution in [3.05, 3.63) is 84.2 Å². The number of halogens is 3. The predicted molar refractivity (Wildman–Crippen MR) is 97.8 cm³/mol. The molecule has 0 atom stereocenters. The minimum absolute atomic E-state index is 0.215. The van der Waals surface area contributed by atoms with Crippen molar-refractivity contribution in [2.75, 3.05) is 5.32 Å². The lowest BCUT2D eigenvalue weighted by Gasteiger charge is -2.09. The van der Waals surface area contributed by atoms with Gasteiger partial charge in [-0.25, -0.2) is 4.98 Å². The van der Waals surface area contributed by atoms with Gasteiger partial charge in [0.15, 0.2) is 5.82 Å². The molecular formula is C20H13F3N4O. The summed E-state index contributed by atoms with van der Waals surface area (Å²) in [6.07, 6.45) is -1.20. The van der Waals surface area contributed by atoms with E-state index < -0.39 is 11.7 Å². The number of imidazole rings is 1. The summed E-state index contributed by atoms with van der Waals surface area (Å²) in [6.45, 7) is 0. The first-order valence-corrected chi connectivity index (χ1v) is 8.30. The van der Waals surface area contributed by atoms with Crippen LogP contribution in [0.3, 0.4) is 0 Å². The number of alkyl halides is 3. The lowest BCUT2D eigenvalue weighted by molar-refractivity contribution is -0.137. The van der Waals surface area contributed by atoms with Gasteiger partial charge in [-0.1, -0.05) is 30.3 Å². The third kappa shape index (κ3) is 3.32. The Kier molecular flexibility index (Phi) is 4.31. The van der Waals surface area contributed by atoms with Gasteiger partial charge in [-0.3, -0.25) is 9.20 Å². The highest BCUT2D eigenvalue weighted by molar-refractivity contribution is 6.05. The van der Waals surface area contributed by atoms with Gasteiger partial charge in [0.2, 0.25) is 5.78 Å². The van der Waals surface area contributed by atoms with Crippen LogP contribution >= 0.6 is 0 Å². The molecule has 0 saturated heterocycles. The molecule has 0 aliphatic carbocycles. The van der Waals surface area contributed by atoms with Crippen LogP contribution in [0.5, 0.6) is 0 Å². The van der Waals surface area contributed by atoms with Crippen LogP contribution in [0.25, 0.3) is 17.0 Å². The molecule has 1 amide bonds. The van der Waals surface area contributed by atoms with Crippen LogP contribution in [0.2, 0.25) is 0 Å². The van der Waals surface area contributed by atoms with Crippen LogP contribution in [-0.4, -0.2) is 20.3 Å². The average Bonchev–Trinajstić information content (AvgIpc) is 3.06. The Balaban J connectivity index is 1.79. The van der Waals surface area contributed by atoms with Crippen molar-refractivity contribution in [3.8, 4) is 11.3 Å². The van der Waals surface area contributed by atoms with E-state index in [1.165, 1.54) is 12.1 Å². The first-order valence-electron chi connectivity index (χ1n) is 8.30. The number of aromatic nitrogens is 3. The van der Waals surface area contributed by atoms with Crippen molar-refractivity contribution in [1.29, 1.82) is 0 Å². The van der Waals surface area contributed by atoms with Crippen LogP contribution in [0.1, 0.15) is 15.9 Å². The molecule has 4 rings (SSSR count). The fourth-order valence-electron chi connectivity index (χ4n) is 2.84. The zero-order valence-electron chi connectivity index (χ0n) is 14.3. The van der Waals surface area contributed by atoms with Crippen molar-refractivity contribution in [1.82, 2.24) is 14.4 Å². The van der Waals surface area contributed by atoms with E-state index in [0.717, 1.165) is 12.1 Å². The summed E-state index contributed by atoms with van der Waals surface area (Å²) in [7, 11) is 0. The van der Waals surface area contributed by atoms with E-state index in [0.29, 0.717) is 22.6 Å². The van der Waals surface area contributed by atoms with E-state index in [1.807, 2.05) is 0 Å². The smallest absolute Gasteiger partial charge is 0.305 e. The molecule has 0 saturated carbocycles. The lowest BCUT2D eigenvalue weighted by atomic mass is 10.1. The van der Waals surface area contributed by atoms with Gasteiger partial charge < -0.3 is 5.32 Å². The first-order chi connectivity index (χ1) is 13.4. The van der Waals surface area contributed by atoms with E-state index >= 15 is 0 Å². The fraction of sp³-hybridized carbons (Fsp3) is 0.0500. The number of rotatable bonds is 3. The summed E-state index contributed by atoms with van der Waals surface area (Å²) in [5.41, 5.74) is 0.599. The van der Waals surface area contributed by atoms with Crippen molar-refractivity contribution < 1.29 is 18.0 Å². The Labute approximate surface area is 157 Å². The summed E-state index contributed by atoms with van der Waals surface area (Å²) >= 11 is 0. The fourth-order valence-corrected chi connectivity index (χ4v) is 2.84. The average molecular weight is 382 g/mol. The Morgan fingerprint density at radius 1 is 0.964 bits per heavy atom. The number of benzene rings is 2. The number of amides is 1. The summed E-state index contributed by atoms with van der Waals surface area (Å²) in [5, 5.41) is 2.73. The van der Waals surface area contributed by atoms with Crippen molar-refractivity contribution in [2.45, 2.75) is 6.18 Å². The van der Waals surface area contributed by atoms with Crippen LogP contribution in [-0.2, 0) is 6.18 Å². The van der Waals surface area contributed by atoms with E-state index in [2.05, 4.69) is 15.3 Å². The normalized spacial score (nSPS) is 11.5. The molecule has 0 spiro atoms. The van der Waals surface area contributed by atoms with Crippen molar-refractivity contribution >= 4 is 17.5 Å². The highest BCUT2D eigenvalue weighted by Crippen LogP contribution is 2.33. The highest BCUT2D eigenvalue weighted by atomic mass is 19.4. The van der Waals surface area contributed by atoms with Gasteiger partial charge in [0.25, 0.3) is 5.91 Å². The first kappa shape index (κ1) is 17.7. The summed E-state index contributed by atoms with van der Waals surface area (Å²) in [5.74, 6) is 0.158. The number of hydrogen-bond donors (Lipinski definition) is 1. The summed E-state index contributed by atoms with van der Waals surface area (Å²) in [4.78, 5) is 21.0. The second kappa shape index (κ2) is 6.80. The molecule has 0 bridgehead atoms. The molecule has 4 aromatic rings. The molecule has 0 radical (unpaired) electrons. The van der Waals surface area contributed by atoms with Gasteiger partial charge in [-0.15, -0.1) is 0 Å². The van der Waals surface area contributed by atoms with E-state index in [9.17, 15) is 18.0 Å². The number of carbonyl (C=O) groups excluding carboxylic acids is 1.